The number of hydrogen-bond acceptors (Lipinski definition) is 0. The van der Waals surface area contributed by atoms with Crippen LogP contribution < -0.4 is 0 Å². The lowest BCUT2D eigenvalue weighted by Gasteiger charge is -1.99. The van der Waals surface area contributed by atoms with Crippen LogP contribution in [0, 0.1) is 29.1 Å². The van der Waals surface area contributed by atoms with Crippen LogP contribution >= 0.6 is 0 Å². The molecule has 2 unspecified atom stereocenters. The van der Waals surface area contributed by atoms with Crippen molar-refractivity contribution in [2.75, 3.05) is 0 Å². The predicted molar refractivity (Wildman–Crippen MR) is 30.2 cm³/mol. The molecular formula is C8H10. The molecule has 0 amide bonds. The van der Waals surface area contributed by atoms with E-state index in [4.69, 9.17) is 0 Å². The Balaban J connectivity index is 1.97. The minimum absolute atomic E-state index is 1.01. The number of rotatable bonds is 0. The normalized spacial score (nSPS) is 75.0. The summed E-state index contributed by atoms with van der Waals surface area (Å²) in [5, 5.41) is 0. The SMILES string of the molecule is C1CC12CC1C3C1C32. The molecule has 0 aromatic heterocycles. The highest BCUT2D eigenvalue weighted by Crippen LogP contribution is 2.92. The van der Waals surface area contributed by atoms with Gasteiger partial charge in [-0.05, 0) is 48.3 Å². The molecule has 0 heterocycles. The smallest absolute Gasteiger partial charge is 0.0260 e. The Labute approximate surface area is 49.3 Å². The van der Waals surface area contributed by atoms with Crippen molar-refractivity contribution >= 4 is 0 Å². The summed E-state index contributed by atoms with van der Waals surface area (Å²) in [7, 11) is 0. The molecule has 0 aromatic carbocycles. The second-order valence-electron chi connectivity index (χ2n) is 4.41. The Morgan fingerprint density at radius 2 is 1.88 bits per heavy atom. The van der Waals surface area contributed by atoms with E-state index in [1.165, 1.54) is 23.7 Å². The van der Waals surface area contributed by atoms with Gasteiger partial charge in [0.15, 0.2) is 0 Å². The maximum absolute atomic E-state index is 1.66. The highest BCUT2D eigenvalue weighted by Gasteiger charge is 2.87. The van der Waals surface area contributed by atoms with E-state index in [2.05, 4.69) is 0 Å². The Morgan fingerprint density at radius 1 is 1.12 bits per heavy atom. The molecule has 5 fully saturated rings. The van der Waals surface area contributed by atoms with Gasteiger partial charge in [-0.25, -0.2) is 0 Å². The fourth-order valence-electron chi connectivity index (χ4n) is 3.57. The molecule has 2 bridgehead atoms. The zero-order chi connectivity index (χ0) is 4.93. The molecule has 5 rings (SSSR count). The molecular weight excluding hydrogens is 96.1 g/mol. The van der Waals surface area contributed by atoms with Gasteiger partial charge in [0, 0.05) is 0 Å². The van der Waals surface area contributed by atoms with Crippen LogP contribution in [0.2, 0.25) is 0 Å². The quantitative estimate of drug-likeness (QED) is 0.440. The van der Waals surface area contributed by atoms with Crippen molar-refractivity contribution in [2.45, 2.75) is 19.3 Å². The van der Waals surface area contributed by atoms with Crippen LogP contribution in [0.4, 0.5) is 0 Å². The van der Waals surface area contributed by atoms with Crippen LogP contribution in [-0.4, -0.2) is 0 Å². The lowest BCUT2D eigenvalue weighted by molar-refractivity contribution is 0.485. The van der Waals surface area contributed by atoms with Gasteiger partial charge in [-0.2, -0.15) is 0 Å². The van der Waals surface area contributed by atoms with Crippen molar-refractivity contribution in [3.05, 3.63) is 0 Å². The van der Waals surface area contributed by atoms with Crippen LogP contribution in [0.5, 0.6) is 0 Å². The molecule has 42 valence electrons. The van der Waals surface area contributed by atoms with Crippen molar-refractivity contribution in [1.29, 1.82) is 0 Å². The Hall–Kier alpha value is 0. The molecule has 5 aliphatic carbocycles. The monoisotopic (exact) mass is 106 g/mol. The average Bonchev–Trinajstić information content (AvgIpc) is 2.49. The molecule has 0 aromatic rings. The Bertz CT molecular complexity index is 162. The van der Waals surface area contributed by atoms with E-state index in [0.717, 1.165) is 5.41 Å². The van der Waals surface area contributed by atoms with E-state index in [0.29, 0.717) is 0 Å². The average molecular weight is 106 g/mol. The highest BCUT2D eigenvalue weighted by molar-refractivity contribution is 5.34. The van der Waals surface area contributed by atoms with Gasteiger partial charge < -0.3 is 0 Å². The van der Waals surface area contributed by atoms with E-state index in [1.807, 2.05) is 0 Å². The third-order valence-electron chi connectivity index (χ3n) is 4.22. The topological polar surface area (TPSA) is 0 Å². The van der Waals surface area contributed by atoms with Crippen LogP contribution in [0.3, 0.4) is 0 Å². The van der Waals surface area contributed by atoms with Gasteiger partial charge >= 0.3 is 0 Å². The van der Waals surface area contributed by atoms with Gasteiger partial charge in [0.05, 0.1) is 0 Å². The zero-order valence-corrected chi connectivity index (χ0v) is 4.93. The second-order valence-corrected chi connectivity index (χ2v) is 4.41. The van der Waals surface area contributed by atoms with Crippen LogP contribution in [0.15, 0.2) is 0 Å². The van der Waals surface area contributed by atoms with E-state index >= 15 is 0 Å². The Kier molecular flexibility index (Phi) is 0.231. The van der Waals surface area contributed by atoms with Gasteiger partial charge in [0.2, 0.25) is 0 Å². The van der Waals surface area contributed by atoms with E-state index in [9.17, 15) is 0 Å². The van der Waals surface area contributed by atoms with E-state index in [1.54, 1.807) is 19.3 Å². The van der Waals surface area contributed by atoms with Crippen molar-refractivity contribution in [3.63, 3.8) is 0 Å². The lowest BCUT2D eigenvalue weighted by Crippen LogP contribution is -1.94. The summed E-state index contributed by atoms with van der Waals surface area (Å²) in [4.78, 5) is 0. The molecule has 0 radical (unpaired) electrons. The minimum Gasteiger partial charge on any atom is -0.0468 e. The Morgan fingerprint density at radius 3 is 2.12 bits per heavy atom. The third-order valence-corrected chi connectivity index (χ3v) is 4.22. The molecule has 0 saturated heterocycles. The first-order valence-corrected chi connectivity index (χ1v) is 3.92. The summed E-state index contributed by atoms with van der Waals surface area (Å²) < 4.78 is 0. The summed E-state index contributed by atoms with van der Waals surface area (Å²) in [6.45, 7) is 0. The summed E-state index contributed by atoms with van der Waals surface area (Å²) in [5.41, 5.74) is 1.01. The first kappa shape index (κ1) is 3.24. The fourth-order valence-corrected chi connectivity index (χ4v) is 3.57. The largest absolute Gasteiger partial charge is 0.0468 e. The molecule has 0 nitrogen and oxygen atoms in total. The fraction of sp³-hybridized carbons (Fsp3) is 1.00. The van der Waals surface area contributed by atoms with Crippen LogP contribution in [-0.2, 0) is 0 Å². The van der Waals surface area contributed by atoms with Gasteiger partial charge in [0.25, 0.3) is 0 Å². The van der Waals surface area contributed by atoms with Gasteiger partial charge in [0.1, 0.15) is 0 Å². The molecule has 0 N–H and O–H groups in total. The lowest BCUT2D eigenvalue weighted by atomic mass is 10.0. The van der Waals surface area contributed by atoms with Crippen molar-refractivity contribution in [3.8, 4) is 0 Å². The maximum Gasteiger partial charge on any atom is -0.0260 e. The zero-order valence-electron chi connectivity index (χ0n) is 4.93. The van der Waals surface area contributed by atoms with Crippen molar-refractivity contribution < 1.29 is 0 Å². The molecule has 5 saturated carbocycles. The second kappa shape index (κ2) is 0.571. The van der Waals surface area contributed by atoms with E-state index < -0.39 is 0 Å². The summed E-state index contributed by atoms with van der Waals surface area (Å²) in [5.74, 6) is 5.19. The predicted octanol–water partition coefficient (Wildman–Crippen LogP) is 1.66. The van der Waals surface area contributed by atoms with Crippen LogP contribution in [0.1, 0.15) is 19.3 Å². The summed E-state index contributed by atoms with van der Waals surface area (Å²) in [6.07, 6.45) is 4.88. The molecule has 1 spiro atoms. The highest BCUT2D eigenvalue weighted by atomic mass is 14.9. The first-order chi connectivity index (χ1) is 3.92. The van der Waals surface area contributed by atoms with Gasteiger partial charge in [-0.3, -0.25) is 0 Å². The van der Waals surface area contributed by atoms with Crippen molar-refractivity contribution in [2.24, 2.45) is 29.1 Å². The number of hydrogen-bond donors (Lipinski definition) is 0. The summed E-state index contributed by atoms with van der Waals surface area (Å²) >= 11 is 0. The third kappa shape index (κ3) is 0.146. The van der Waals surface area contributed by atoms with Crippen molar-refractivity contribution in [1.82, 2.24) is 0 Å². The van der Waals surface area contributed by atoms with Crippen LogP contribution in [0.25, 0.3) is 0 Å². The van der Waals surface area contributed by atoms with Gasteiger partial charge in [-0.15, -0.1) is 0 Å². The summed E-state index contributed by atoms with van der Waals surface area (Å²) in [6, 6.07) is 0. The first-order valence-electron chi connectivity index (χ1n) is 3.92. The molecule has 2 atom stereocenters. The molecule has 0 heteroatoms. The molecule has 5 aliphatic rings. The molecule has 0 aliphatic heterocycles. The standard InChI is InChI=1S/C8H10/c1-2-8(1)3-4-5-6(4)7(5)8/h4-7H,1-3H2. The minimum atomic E-state index is 1.01. The maximum atomic E-state index is 1.66. The van der Waals surface area contributed by atoms with E-state index in [-0.39, 0.29) is 0 Å². The molecule has 8 heavy (non-hydrogen) atoms. The van der Waals surface area contributed by atoms with Gasteiger partial charge in [-0.1, -0.05) is 0 Å².